The van der Waals surface area contributed by atoms with E-state index >= 15 is 0 Å². The maximum Gasteiger partial charge on any atom is 0.306 e. The van der Waals surface area contributed by atoms with E-state index in [9.17, 15) is 4.79 Å². The van der Waals surface area contributed by atoms with E-state index in [1.165, 1.54) is 0 Å². The number of carboxylic acids is 1. The Labute approximate surface area is 123 Å². The first kappa shape index (κ1) is 13.7. The lowest BCUT2D eigenvalue weighted by atomic mass is 9.86. The van der Waals surface area contributed by atoms with Crippen LogP contribution in [0.4, 0.5) is 5.69 Å². The zero-order chi connectivity index (χ0) is 14.7. The van der Waals surface area contributed by atoms with Crippen LogP contribution in [0.15, 0.2) is 42.7 Å². The Bertz CT molecular complexity index is 601. The molecule has 1 aromatic heterocycles. The van der Waals surface area contributed by atoms with Crippen molar-refractivity contribution >= 4 is 11.7 Å². The Morgan fingerprint density at radius 1 is 1.19 bits per heavy atom. The molecular weight excluding hydrogens is 266 g/mol. The number of carbonyl (C=O) groups is 1. The fourth-order valence-electron chi connectivity index (χ4n) is 2.84. The van der Waals surface area contributed by atoms with Gasteiger partial charge in [0.05, 0.1) is 29.7 Å². The van der Waals surface area contributed by atoms with Gasteiger partial charge in [-0.3, -0.25) is 4.79 Å². The van der Waals surface area contributed by atoms with Crippen molar-refractivity contribution in [1.82, 2.24) is 9.78 Å². The van der Waals surface area contributed by atoms with Crippen molar-refractivity contribution in [1.29, 1.82) is 0 Å². The molecule has 3 rings (SSSR count). The zero-order valence-corrected chi connectivity index (χ0v) is 11.8. The number of carboxylic acid groups (broad SMARTS) is 1. The predicted molar refractivity (Wildman–Crippen MR) is 80.6 cm³/mol. The summed E-state index contributed by atoms with van der Waals surface area (Å²) in [6.45, 7) is 0. The molecule has 1 heterocycles. The Hall–Kier alpha value is -2.30. The molecule has 0 atom stereocenters. The summed E-state index contributed by atoms with van der Waals surface area (Å²) < 4.78 is 1.84. The molecule has 0 aliphatic heterocycles. The van der Waals surface area contributed by atoms with Gasteiger partial charge in [-0.2, -0.15) is 5.10 Å². The summed E-state index contributed by atoms with van der Waals surface area (Å²) in [4.78, 5) is 10.9. The van der Waals surface area contributed by atoms with Crippen molar-refractivity contribution < 1.29 is 9.90 Å². The van der Waals surface area contributed by atoms with Gasteiger partial charge in [-0.25, -0.2) is 4.68 Å². The van der Waals surface area contributed by atoms with Crippen LogP contribution in [0.1, 0.15) is 25.7 Å². The van der Waals surface area contributed by atoms with Gasteiger partial charge >= 0.3 is 5.97 Å². The molecule has 1 aromatic carbocycles. The molecule has 2 N–H and O–H groups in total. The normalized spacial score (nSPS) is 21.9. The Morgan fingerprint density at radius 3 is 2.57 bits per heavy atom. The second-order valence-electron chi connectivity index (χ2n) is 5.54. The maximum atomic E-state index is 10.9. The van der Waals surface area contributed by atoms with Crippen molar-refractivity contribution in [3.05, 3.63) is 42.7 Å². The molecule has 5 nitrogen and oxygen atoms in total. The maximum absolute atomic E-state index is 10.9. The number of aliphatic carboxylic acids is 1. The standard InChI is InChI=1S/C16H19N3O2/c20-16(21)12-6-8-13(9-7-12)18-14-10-17-19(11-14)15-4-2-1-3-5-15/h1-5,10-13,18H,6-9H2,(H,20,21). The number of anilines is 1. The van der Waals surface area contributed by atoms with Crippen LogP contribution >= 0.6 is 0 Å². The van der Waals surface area contributed by atoms with E-state index in [1.807, 2.05) is 47.4 Å². The average molecular weight is 285 g/mol. The minimum atomic E-state index is -0.662. The van der Waals surface area contributed by atoms with Gasteiger partial charge in [0.15, 0.2) is 0 Å². The van der Waals surface area contributed by atoms with Gasteiger partial charge in [0, 0.05) is 6.04 Å². The molecule has 21 heavy (non-hydrogen) atoms. The van der Waals surface area contributed by atoms with Crippen molar-refractivity contribution in [2.24, 2.45) is 5.92 Å². The van der Waals surface area contributed by atoms with Gasteiger partial charge in [0.1, 0.15) is 0 Å². The average Bonchev–Trinajstić information content (AvgIpc) is 2.97. The van der Waals surface area contributed by atoms with Crippen LogP contribution in [-0.4, -0.2) is 26.9 Å². The SMILES string of the molecule is O=C(O)C1CCC(Nc2cnn(-c3ccccc3)c2)CC1. The third-order valence-corrected chi connectivity index (χ3v) is 4.05. The molecule has 2 aromatic rings. The molecule has 0 unspecified atom stereocenters. The van der Waals surface area contributed by atoms with Gasteiger partial charge in [0.25, 0.3) is 0 Å². The zero-order valence-electron chi connectivity index (χ0n) is 11.8. The minimum absolute atomic E-state index is 0.171. The lowest BCUT2D eigenvalue weighted by molar-refractivity contribution is -0.142. The summed E-state index contributed by atoms with van der Waals surface area (Å²) >= 11 is 0. The molecule has 1 aliphatic carbocycles. The highest BCUT2D eigenvalue weighted by molar-refractivity contribution is 5.70. The van der Waals surface area contributed by atoms with Crippen LogP contribution in [0.25, 0.3) is 5.69 Å². The molecule has 0 spiro atoms. The van der Waals surface area contributed by atoms with Crippen LogP contribution in [0.3, 0.4) is 0 Å². The van der Waals surface area contributed by atoms with Crippen LogP contribution in [-0.2, 0) is 4.79 Å². The van der Waals surface area contributed by atoms with Gasteiger partial charge < -0.3 is 10.4 Å². The van der Waals surface area contributed by atoms with Crippen LogP contribution in [0.5, 0.6) is 0 Å². The van der Waals surface area contributed by atoms with E-state index in [1.54, 1.807) is 0 Å². The topological polar surface area (TPSA) is 67.2 Å². The number of hydrogen-bond donors (Lipinski definition) is 2. The summed E-state index contributed by atoms with van der Waals surface area (Å²) in [6.07, 6.45) is 7.08. The summed E-state index contributed by atoms with van der Waals surface area (Å²) in [6, 6.07) is 10.3. The quantitative estimate of drug-likeness (QED) is 0.906. The van der Waals surface area contributed by atoms with Crippen molar-refractivity contribution in [3.63, 3.8) is 0 Å². The van der Waals surface area contributed by atoms with E-state index in [2.05, 4.69) is 10.4 Å². The highest BCUT2D eigenvalue weighted by Crippen LogP contribution is 2.26. The summed E-state index contributed by atoms with van der Waals surface area (Å²) in [5.41, 5.74) is 2.01. The van der Waals surface area contributed by atoms with Gasteiger partial charge in [-0.1, -0.05) is 18.2 Å². The first-order chi connectivity index (χ1) is 10.2. The van der Waals surface area contributed by atoms with E-state index in [-0.39, 0.29) is 5.92 Å². The van der Waals surface area contributed by atoms with E-state index in [4.69, 9.17) is 5.11 Å². The highest BCUT2D eigenvalue weighted by Gasteiger charge is 2.25. The van der Waals surface area contributed by atoms with Gasteiger partial charge in [0.2, 0.25) is 0 Å². The number of para-hydroxylation sites is 1. The van der Waals surface area contributed by atoms with Crippen molar-refractivity contribution in [2.75, 3.05) is 5.32 Å². The predicted octanol–water partition coefficient (Wildman–Crippen LogP) is 2.93. The number of benzene rings is 1. The summed E-state index contributed by atoms with van der Waals surface area (Å²) in [5, 5.41) is 16.8. The first-order valence-electron chi connectivity index (χ1n) is 7.32. The first-order valence-corrected chi connectivity index (χ1v) is 7.32. The van der Waals surface area contributed by atoms with Crippen molar-refractivity contribution in [2.45, 2.75) is 31.7 Å². The Morgan fingerprint density at radius 2 is 1.90 bits per heavy atom. The molecule has 0 saturated heterocycles. The lowest BCUT2D eigenvalue weighted by Crippen LogP contribution is -2.29. The van der Waals surface area contributed by atoms with Gasteiger partial charge in [-0.15, -0.1) is 0 Å². The largest absolute Gasteiger partial charge is 0.481 e. The number of rotatable bonds is 4. The molecule has 1 aliphatic rings. The second kappa shape index (κ2) is 5.99. The molecule has 1 saturated carbocycles. The number of nitrogens with zero attached hydrogens (tertiary/aromatic N) is 2. The Balaban J connectivity index is 1.60. The van der Waals surface area contributed by atoms with E-state index in [0.29, 0.717) is 6.04 Å². The summed E-state index contributed by atoms with van der Waals surface area (Å²) in [7, 11) is 0. The fraction of sp³-hybridized carbons (Fsp3) is 0.375. The molecule has 110 valence electrons. The monoisotopic (exact) mass is 285 g/mol. The third-order valence-electron chi connectivity index (χ3n) is 4.05. The van der Waals surface area contributed by atoms with E-state index in [0.717, 1.165) is 37.1 Å². The molecule has 1 fully saturated rings. The Kier molecular flexibility index (Phi) is 3.90. The number of aromatic nitrogens is 2. The summed E-state index contributed by atoms with van der Waals surface area (Å²) in [5.74, 6) is -0.833. The molecule has 0 radical (unpaired) electrons. The number of nitrogens with one attached hydrogen (secondary N) is 1. The van der Waals surface area contributed by atoms with Crippen molar-refractivity contribution in [3.8, 4) is 5.69 Å². The molecule has 0 amide bonds. The lowest BCUT2D eigenvalue weighted by Gasteiger charge is -2.26. The fourth-order valence-corrected chi connectivity index (χ4v) is 2.84. The molecule has 5 heteroatoms. The van der Waals surface area contributed by atoms with Crippen LogP contribution in [0.2, 0.25) is 0 Å². The van der Waals surface area contributed by atoms with Gasteiger partial charge in [-0.05, 0) is 37.8 Å². The minimum Gasteiger partial charge on any atom is -0.481 e. The van der Waals surface area contributed by atoms with Crippen LogP contribution < -0.4 is 5.32 Å². The smallest absolute Gasteiger partial charge is 0.306 e. The highest BCUT2D eigenvalue weighted by atomic mass is 16.4. The molecule has 0 bridgehead atoms. The second-order valence-corrected chi connectivity index (χ2v) is 5.54. The van der Waals surface area contributed by atoms with Crippen LogP contribution in [0, 0.1) is 5.92 Å². The number of hydrogen-bond acceptors (Lipinski definition) is 3. The van der Waals surface area contributed by atoms with E-state index < -0.39 is 5.97 Å². The molecular formula is C16H19N3O2. The third kappa shape index (κ3) is 3.24.